The van der Waals surface area contributed by atoms with Gasteiger partial charge in [0.1, 0.15) is 29.6 Å². The molecule has 34 heavy (non-hydrogen) atoms. The van der Waals surface area contributed by atoms with Gasteiger partial charge in [-0.05, 0) is 61.1 Å². The van der Waals surface area contributed by atoms with Crippen LogP contribution in [0.4, 0.5) is 0 Å². The van der Waals surface area contributed by atoms with Crippen LogP contribution in [0.1, 0.15) is 22.8 Å². The molecule has 0 saturated heterocycles. The number of benzene rings is 3. The highest BCUT2D eigenvalue weighted by Gasteiger charge is 2.14. The normalized spacial score (nSPS) is 11.8. The van der Waals surface area contributed by atoms with Crippen molar-refractivity contribution in [2.24, 2.45) is 0 Å². The van der Waals surface area contributed by atoms with E-state index in [0.29, 0.717) is 19.6 Å². The predicted octanol–water partition coefficient (Wildman–Crippen LogP) is 4.54. The van der Waals surface area contributed by atoms with E-state index in [1.54, 1.807) is 14.2 Å². The molecular weight excluding hydrogens is 430 g/mol. The van der Waals surface area contributed by atoms with Gasteiger partial charge in [-0.15, -0.1) is 0 Å². The van der Waals surface area contributed by atoms with Gasteiger partial charge < -0.3 is 29.0 Å². The third-order valence-corrected chi connectivity index (χ3v) is 5.57. The van der Waals surface area contributed by atoms with E-state index in [4.69, 9.17) is 18.9 Å². The molecule has 0 aliphatic heterocycles. The van der Waals surface area contributed by atoms with Crippen molar-refractivity contribution in [1.29, 1.82) is 0 Å². The second-order valence-electron chi connectivity index (χ2n) is 8.36. The lowest BCUT2D eigenvalue weighted by Gasteiger charge is -2.17. The zero-order valence-corrected chi connectivity index (χ0v) is 20.5. The van der Waals surface area contributed by atoms with E-state index in [1.165, 1.54) is 5.56 Å². The lowest BCUT2D eigenvalue weighted by molar-refractivity contribution is 0.176. The Morgan fingerprint density at radius 2 is 1.41 bits per heavy atom. The van der Waals surface area contributed by atoms with Gasteiger partial charge in [0, 0.05) is 25.5 Å². The third-order valence-electron chi connectivity index (χ3n) is 5.57. The Labute approximate surface area is 202 Å². The molecule has 0 bridgehead atoms. The SMILES string of the molecule is COc1ccc(C(O)Cc2ccc(OC)cc2OCCc2ccc(OCCN(C)C)cc2)cc1. The van der Waals surface area contributed by atoms with Crippen molar-refractivity contribution >= 4 is 0 Å². The van der Waals surface area contributed by atoms with Crippen LogP contribution in [0.15, 0.2) is 66.7 Å². The Kier molecular flexibility index (Phi) is 9.62. The van der Waals surface area contributed by atoms with Gasteiger partial charge in [-0.25, -0.2) is 0 Å². The Morgan fingerprint density at radius 3 is 2.06 bits per heavy atom. The Balaban J connectivity index is 1.59. The first-order chi connectivity index (χ1) is 16.5. The van der Waals surface area contributed by atoms with Crippen LogP contribution in [-0.2, 0) is 12.8 Å². The third kappa shape index (κ3) is 7.68. The number of aliphatic hydroxyl groups is 1. The molecular formula is C28H35NO5. The molecule has 0 radical (unpaired) electrons. The van der Waals surface area contributed by atoms with E-state index in [0.717, 1.165) is 47.1 Å². The van der Waals surface area contributed by atoms with Gasteiger partial charge in [0.15, 0.2) is 0 Å². The highest BCUT2D eigenvalue weighted by atomic mass is 16.5. The fourth-order valence-electron chi connectivity index (χ4n) is 3.49. The van der Waals surface area contributed by atoms with E-state index < -0.39 is 6.10 Å². The molecule has 182 valence electrons. The van der Waals surface area contributed by atoms with Crippen LogP contribution in [0, 0.1) is 0 Å². The maximum atomic E-state index is 10.8. The molecule has 1 N–H and O–H groups in total. The molecule has 3 aromatic carbocycles. The minimum atomic E-state index is -0.651. The number of nitrogens with zero attached hydrogens (tertiary/aromatic N) is 1. The summed E-state index contributed by atoms with van der Waals surface area (Å²) >= 11 is 0. The van der Waals surface area contributed by atoms with Crippen molar-refractivity contribution in [1.82, 2.24) is 4.90 Å². The Bertz CT molecular complexity index is 1000. The van der Waals surface area contributed by atoms with Crippen LogP contribution < -0.4 is 18.9 Å². The molecule has 6 heteroatoms. The maximum Gasteiger partial charge on any atom is 0.126 e. The molecule has 1 atom stereocenters. The monoisotopic (exact) mass is 465 g/mol. The summed E-state index contributed by atoms with van der Waals surface area (Å²) < 4.78 is 22.5. The van der Waals surface area contributed by atoms with Gasteiger partial charge in [-0.3, -0.25) is 0 Å². The van der Waals surface area contributed by atoms with E-state index >= 15 is 0 Å². The molecule has 0 aliphatic rings. The number of hydrogen-bond donors (Lipinski definition) is 1. The Morgan fingerprint density at radius 1 is 0.765 bits per heavy atom. The number of likely N-dealkylation sites (N-methyl/N-ethyl adjacent to an activating group) is 1. The predicted molar refractivity (Wildman–Crippen MR) is 134 cm³/mol. The standard InChI is InChI=1S/C28H35NO5/c1-29(2)16-18-33-25-10-5-21(6-11-25)15-17-34-28-20-26(32-4)14-9-23(28)19-27(30)22-7-12-24(31-3)13-8-22/h5-14,20,27,30H,15-19H2,1-4H3. The summed E-state index contributed by atoms with van der Waals surface area (Å²) in [7, 11) is 7.31. The average Bonchev–Trinajstić information content (AvgIpc) is 2.85. The smallest absolute Gasteiger partial charge is 0.126 e. The lowest BCUT2D eigenvalue weighted by Crippen LogP contribution is -2.19. The zero-order chi connectivity index (χ0) is 24.3. The number of hydrogen-bond acceptors (Lipinski definition) is 6. The van der Waals surface area contributed by atoms with Gasteiger partial charge in [-0.2, -0.15) is 0 Å². The molecule has 0 saturated carbocycles. The van der Waals surface area contributed by atoms with Gasteiger partial charge in [-0.1, -0.05) is 30.3 Å². The van der Waals surface area contributed by atoms with Crippen molar-refractivity contribution in [2.45, 2.75) is 18.9 Å². The molecule has 3 aromatic rings. The van der Waals surface area contributed by atoms with E-state index in [-0.39, 0.29) is 0 Å². The van der Waals surface area contributed by atoms with Crippen LogP contribution in [0.3, 0.4) is 0 Å². The summed E-state index contributed by atoms with van der Waals surface area (Å²) in [5.41, 5.74) is 2.92. The molecule has 0 fully saturated rings. The molecule has 0 aromatic heterocycles. The first kappa shape index (κ1) is 25.4. The number of ether oxygens (including phenoxy) is 4. The van der Waals surface area contributed by atoms with Gasteiger partial charge in [0.25, 0.3) is 0 Å². The van der Waals surface area contributed by atoms with E-state index in [9.17, 15) is 5.11 Å². The minimum Gasteiger partial charge on any atom is -0.497 e. The summed E-state index contributed by atoms with van der Waals surface area (Å²) in [4.78, 5) is 2.09. The van der Waals surface area contributed by atoms with Crippen molar-refractivity contribution in [3.63, 3.8) is 0 Å². The topological polar surface area (TPSA) is 60.4 Å². The second-order valence-corrected chi connectivity index (χ2v) is 8.36. The largest absolute Gasteiger partial charge is 0.497 e. The van der Waals surface area contributed by atoms with Crippen LogP contribution in [0.5, 0.6) is 23.0 Å². The summed E-state index contributed by atoms with van der Waals surface area (Å²) in [6.45, 7) is 2.06. The van der Waals surface area contributed by atoms with Crippen molar-refractivity contribution < 1.29 is 24.1 Å². The molecule has 0 aliphatic carbocycles. The van der Waals surface area contributed by atoms with Crippen molar-refractivity contribution in [3.05, 3.63) is 83.4 Å². The molecule has 0 heterocycles. The quantitative estimate of drug-likeness (QED) is 0.400. The Hall–Kier alpha value is -3.22. The number of aliphatic hydroxyl groups excluding tert-OH is 1. The fraction of sp³-hybridized carbons (Fsp3) is 0.357. The molecule has 3 rings (SSSR count). The summed E-state index contributed by atoms with van der Waals surface area (Å²) in [6.07, 6.45) is 0.544. The molecule has 1 unspecified atom stereocenters. The average molecular weight is 466 g/mol. The summed E-state index contributed by atoms with van der Waals surface area (Å²) in [5, 5.41) is 10.8. The fourth-order valence-corrected chi connectivity index (χ4v) is 3.49. The summed E-state index contributed by atoms with van der Waals surface area (Å²) in [6, 6.07) is 21.3. The summed E-state index contributed by atoms with van der Waals surface area (Å²) in [5.74, 6) is 3.07. The van der Waals surface area contributed by atoms with E-state index in [2.05, 4.69) is 17.0 Å². The van der Waals surface area contributed by atoms with Gasteiger partial charge in [0.05, 0.1) is 26.9 Å². The lowest BCUT2D eigenvalue weighted by atomic mass is 10.0. The minimum absolute atomic E-state index is 0.435. The number of methoxy groups -OCH3 is 2. The second kappa shape index (κ2) is 12.9. The highest BCUT2D eigenvalue weighted by molar-refractivity contribution is 5.42. The first-order valence-electron chi connectivity index (χ1n) is 11.5. The van der Waals surface area contributed by atoms with Crippen molar-refractivity contribution in [3.8, 4) is 23.0 Å². The van der Waals surface area contributed by atoms with Crippen molar-refractivity contribution in [2.75, 3.05) is 48.1 Å². The van der Waals surface area contributed by atoms with Crippen LogP contribution in [0.2, 0.25) is 0 Å². The van der Waals surface area contributed by atoms with E-state index in [1.807, 2.05) is 68.7 Å². The zero-order valence-electron chi connectivity index (χ0n) is 20.5. The van der Waals surface area contributed by atoms with Crippen LogP contribution in [0.25, 0.3) is 0 Å². The maximum absolute atomic E-state index is 10.8. The van der Waals surface area contributed by atoms with Gasteiger partial charge >= 0.3 is 0 Å². The molecule has 0 amide bonds. The molecule has 0 spiro atoms. The van der Waals surface area contributed by atoms with Crippen LogP contribution >= 0.6 is 0 Å². The number of rotatable bonds is 13. The highest BCUT2D eigenvalue weighted by Crippen LogP contribution is 2.30. The first-order valence-corrected chi connectivity index (χ1v) is 11.5. The van der Waals surface area contributed by atoms with Gasteiger partial charge in [0.2, 0.25) is 0 Å². The van der Waals surface area contributed by atoms with Crippen LogP contribution in [-0.4, -0.2) is 58.1 Å². The molecule has 6 nitrogen and oxygen atoms in total.